The third-order valence-corrected chi connectivity index (χ3v) is 3.20. The summed E-state index contributed by atoms with van der Waals surface area (Å²) in [7, 11) is 6.89. The highest BCUT2D eigenvalue weighted by Crippen LogP contribution is 2.33. The predicted octanol–water partition coefficient (Wildman–Crippen LogP) is 3.57. The van der Waals surface area contributed by atoms with Gasteiger partial charge in [0.1, 0.15) is 5.65 Å². The minimum Gasteiger partial charge on any atom is -0.345 e. The van der Waals surface area contributed by atoms with Crippen molar-refractivity contribution in [1.29, 1.82) is 0 Å². The van der Waals surface area contributed by atoms with E-state index in [-0.39, 0.29) is 0 Å². The highest BCUT2D eigenvalue weighted by molar-refractivity contribution is 9.10. The molecule has 0 aliphatic heterocycles. The van der Waals surface area contributed by atoms with Crippen molar-refractivity contribution in [3.63, 3.8) is 0 Å². The maximum absolute atomic E-state index is 5.69. The number of hydrogen-bond donors (Lipinski definition) is 1. The fraction of sp³-hybridized carbons (Fsp3) is 0. The molecule has 2 heterocycles. The molecule has 2 aromatic heterocycles. The van der Waals surface area contributed by atoms with E-state index in [4.69, 9.17) is 10.7 Å². The Kier molecular flexibility index (Phi) is 2.30. The van der Waals surface area contributed by atoms with Gasteiger partial charge in [0.25, 0.3) is 0 Å². The van der Waals surface area contributed by atoms with Crippen LogP contribution in [-0.4, -0.2) is 9.97 Å². The minimum absolute atomic E-state index is 0.854. The topological polar surface area (TPSA) is 28.7 Å². The lowest BCUT2D eigenvalue weighted by atomic mass is 10.3. The fourth-order valence-corrected chi connectivity index (χ4v) is 2.48. The normalized spacial score (nSPS) is 10.8. The molecule has 0 fully saturated rings. The smallest absolute Gasteiger partial charge is 0.139 e. The second-order valence-corrected chi connectivity index (χ2v) is 4.16. The quantitative estimate of drug-likeness (QED) is 0.852. The molecule has 0 unspecified atom stereocenters. The summed E-state index contributed by atoms with van der Waals surface area (Å²) >= 11 is 3.42. The van der Waals surface area contributed by atoms with E-state index in [9.17, 15) is 0 Å². The van der Waals surface area contributed by atoms with Gasteiger partial charge in [-0.25, -0.2) is 4.98 Å². The number of hydrogen-bond acceptors (Lipinski definition) is 2. The summed E-state index contributed by atoms with van der Waals surface area (Å²) in [4.78, 5) is 8.19. The molecule has 0 aromatic carbocycles. The van der Waals surface area contributed by atoms with Crippen molar-refractivity contribution in [3.05, 3.63) is 22.9 Å². The molecule has 0 aliphatic carbocycles. The molecule has 2 rings (SSSR count). The van der Waals surface area contributed by atoms with Crippen LogP contribution in [0.25, 0.3) is 11.0 Å². The first-order valence-electron chi connectivity index (χ1n) is 3.23. The van der Waals surface area contributed by atoms with Crippen LogP contribution in [0.3, 0.4) is 0 Å². The molecule has 0 amide bonds. The molecule has 0 bridgehead atoms. The van der Waals surface area contributed by atoms with E-state index >= 15 is 0 Å². The molecule has 5 heteroatoms. The molecule has 2 nitrogen and oxygen atoms in total. The van der Waals surface area contributed by atoms with Gasteiger partial charge >= 0.3 is 0 Å². The first-order chi connectivity index (χ1) is 5.83. The second-order valence-electron chi connectivity index (χ2n) is 2.25. The average Bonchev–Trinajstić information content (AvgIpc) is 2.48. The molecule has 0 saturated carbocycles. The van der Waals surface area contributed by atoms with Crippen molar-refractivity contribution in [2.45, 2.75) is 4.90 Å². The number of rotatable bonds is 1. The van der Waals surface area contributed by atoms with Crippen LogP contribution in [0, 0.1) is 0 Å². The fourth-order valence-electron chi connectivity index (χ4n) is 1.05. The highest BCUT2D eigenvalue weighted by Gasteiger charge is 2.06. The van der Waals surface area contributed by atoms with Gasteiger partial charge in [-0.2, -0.15) is 0 Å². The molecule has 2 aromatic rings. The van der Waals surface area contributed by atoms with Crippen LogP contribution in [-0.2, 0) is 0 Å². The Morgan fingerprint density at radius 1 is 1.58 bits per heavy atom. The number of aromatic nitrogens is 2. The summed E-state index contributed by atoms with van der Waals surface area (Å²) in [5.74, 6) is 0. The summed E-state index contributed by atoms with van der Waals surface area (Å²) in [5.41, 5.74) is 0.854. The van der Waals surface area contributed by atoms with Crippen molar-refractivity contribution in [2.75, 3.05) is 0 Å². The number of pyridine rings is 1. The zero-order chi connectivity index (χ0) is 8.55. The Morgan fingerprint density at radius 3 is 3.17 bits per heavy atom. The Balaban J connectivity index is 2.84. The Hall–Kier alpha value is -0.190. The Morgan fingerprint density at radius 2 is 2.42 bits per heavy atom. The second kappa shape index (κ2) is 3.28. The molecule has 0 saturated heterocycles. The number of fused-ring (bicyclic) bond motifs is 1. The number of aromatic amines is 1. The lowest BCUT2D eigenvalue weighted by Crippen LogP contribution is -1.76. The largest absolute Gasteiger partial charge is 0.345 e. The molecule has 62 valence electrons. The molecule has 0 radical (unpaired) electrons. The number of nitrogens with one attached hydrogen (secondary N) is 1. The Bertz CT molecular complexity index is 415. The van der Waals surface area contributed by atoms with E-state index in [0.29, 0.717) is 0 Å². The molecule has 0 aliphatic rings. The van der Waals surface area contributed by atoms with Crippen LogP contribution in [0.15, 0.2) is 27.8 Å². The van der Waals surface area contributed by atoms with Crippen molar-refractivity contribution in [2.24, 2.45) is 0 Å². The van der Waals surface area contributed by atoms with Crippen LogP contribution < -0.4 is 0 Å². The lowest BCUT2D eigenvalue weighted by Gasteiger charge is -1.95. The van der Waals surface area contributed by atoms with Gasteiger partial charge in [-0.3, -0.25) is 0 Å². The van der Waals surface area contributed by atoms with Gasteiger partial charge in [0, 0.05) is 27.1 Å². The van der Waals surface area contributed by atoms with Crippen LogP contribution in [0.5, 0.6) is 0 Å². The predicted molar refractivity (Wildman–Crippen MR) is 55.5 cm³/mol. The number of nitrogens with zero attached hydrogens (tertiary/aromatic N) is 1. The van der Waals surface area contributed by atoms with Gasteiger partial charge in [0.15, 0.2) is 0 Å². The summed E-state index contributed by atoms with van der Waals surface area (Å²) in [6.45, 7) is 0. The van der Waals surface area contributed by atoms with Crippen LogP contribution >= 0.6 is 37.6 Å². The molecule has 0 spiro atoms. The van der Waals surface area contributed by atoms with Gasteiger partial charge in [-0.05, 0) is 43.7 Å². The monoisotopic (exact) mass is 262 g/mol. The van der Waals surface area contributed by atoms with Crippen molar-refractivity contribution in [1.82, 2.24) is 9.97 Å². The molecular formula is C7H4BrClN2S. The molecular weight excluding hydrogens is 260 g/mol. The number of halogens is 2. The van der Waals surface area contributed by atoms with Crippen molar-refractivity contribution in [3.8, 4) is 0 Å². The first kappa shape index (κ1) is 8.41. The number of H-pyrrole nitrogens is 1. The summed E-state index contributed by atoms with van der Waals surface area (Å²) in [6, 6.07) is 1.89. The molecule has 1 N–H and O–H groups in total. The van der Waals surface area contributed by atoms with E-state index in [2.05, 4.69) is 25.9 Å². The van der Waals surface area contributed by atoms with E-state index in [1.54, 1.807) is 6.20 Å². The van der Waals surface area contributed by atoms with Crippen LogP contribution in [0.1, 0.15) is 0 Å². The van der Waals surface area contributed by atoms with E-state index in [1.165, 1.54) is 11.0 Å². The van der Waals surface area contributed by atoms with Gasteiger partial charge in [0.2, 0.25) is 0 Å². The SMILES string of the molecule is ClSc1ccnc2[nH]cc(Br)c12. The maximum atomic E-state index is 5.69. The maximum Gasteiger partial charge on any atom is 0.139 e. The Labute approximate surface area is 86.3 Å². The van der Waals surface area contributed by atoms with Gasteiger partial charge in [-0.15, -0.1) is 0 Å². The summed E-state index contributed by atoms with van der Waals surface area (Å²) in [6.07, 6.45) is 3.59. The summed E-state index contributed by atoms with van der Waals surface area (Å²) < 4.78 is 0.994. The van der Waals surface area contributed by atoms with Crippen molar-refractivity contribution >= 4 is 48.6 Å². The third-order valence-electron chi connectivity index (χ3n) is 1.57. The van der Waals surface area contributed by atoms with Crippen LogP contribution in [0.2, 0.25) is 0 Å². The lowest BCUT2D eigenvalue weighted by molar-refractivity contribution is 1.30. The van der Waals surface area contributed by atoms with Crippen molar-refractivity contribution < 1.29 is 0 Å². The van der Waals surface area contributed by atoms with E-state index < -0.39 is 0 Å². The first-order valence-corrected chi connectivity index (χ1v) is 5.66. The summed E-state index contributed by atoms with van der Waals surface area (Å²) in [5, 5.41) is 1.04. The third kappa shape index (κ3) is 1.24. The minimum atomic E-state index is 0.854. The molecule has 0 atom stereocenters. The average molecular weight is 264 g/mol. The van der Waals surface area contributed by atoms with E-state index in [0.717, 1.165) is 20.4 Å². The molecule has 12 heavy (non-hydrogen) atoms. The zero-order valence-electron chi connectivity index (χ0n) is 5.84. The van der Waals surface area contributed by atoms with Gasteiger partial charge < -0.3 is 4.98 Å². The standard InChI is InChI=1S/C7H4BrClN2S/c8-4-3-11-7-6(4)5(12-9)1-2-10-7/h1-3H,(H,10,11). The zero-order valence-corrected chi connectivity index (χ0v) is 9.00. The van der Waals surface area contributed by atoms with Gasteiger partial charge in [0.05, 0.1) is 0 Å². The van der Waals surface area contributed by atoms with E-state index in [1.807, 2.05) is 12.3 Å². The van der Waals surface area contributed by atoms with Gasteiger partial charge in [-0.1, -0.05) is 0 Å². The highest BCUT2D eigenvalue weighted by atomic mass is 79.9. The van der Waals surface area contributed by atoms with Crippen LogP contribution in [0.4, 0.5) is 0 Å².